The second kappa shape index (κ2) is 10.2. The summed E-state index contributed by atoms with van der Waals surface area (Å²) in [5, 5.41) is 10.8. The maximum Gasteiger partial charge on any atom is 0.135 e. The minimum Gasteiger partial charge on any atom is -0.354 e. The van der Waals surface area contributed by atoms with Gasteiger partial charge in [0, 0.05) is 64.7 Å². The van der Waals surface area contributed by atoms with E-state index in [2.05, 4.69) is 45.4 Å². The van der Waals surface area contributed by atoms with Crippen molar-refractivity contribution < 1.29 is 0 Å². The molecule has 2 aliphatic rings. The predicted molar refractivity (Wildman–Crippen MR) is 112 cm³/mol. The normalized spacial score (nSPS) is 17.0. The summed E-state index contributed by atoms with van der Waals surface area (Å²) < 4.78 is 0. The lowest BCUT2D eigenvalue weighted by molar-refractivity contribution is 0.279. The van der Waals surface area contributed by atoms with Crippen LogP contribution in [0.5, 0.6) is 0 Å². The van der Waals surface area contributed by atoms with Crippen LogP contribution in [0.1, 0.15) is 29.6 Å². The topological polar surface area (TPSA) is 68.1 Å². The molecule has 28 heavy (non-hydrogen) atoms. The standard InChI is InChI=1S/C20H27N5.C2H3N/c1-16-22-19-8-12-24(15-17-5-3-2-4-6-17)11-7-18(19)20(23-16)25-13-9-21-10-14-25;1-2-3/h2-6,21H,7-15H2,1H3;1H3. The molecule has 1 N–H and O–H groups in total. The Bertz CT molecular complexity index is 793. The van der Waals surface area contributed by atoms with Gasteiger partial charge in [-0.2, -0.15) is 5.26 Å². The number of rotatable bonds is 3. The Labute approximate surface area is 168 Å². The van der Waals surface area contributed by atoms with E-state index in [4.69, 9.17) is 15.2 Å². The van der Waals surface area contributed by atoms with Crippen molar-refractivity contribution in [1.82, 2.24) is 20.2 Å². The van der Waals surface area contributed by atoms with Crippen molar-refractivity contribution in [2.24, 2.45) is 0 Å². The van der Waals surface area contributed by atoms with Crippen LogP contribution in [0.4, 0.5) is 5.82 Å². The summed E-state index contributed by atoms with van der Waals surface area (Å²) in [5.74, 6) is 2.09. The number of fused-ring (bicyclic) bond motifs is 1. The Kier molecular flexibility index (Phi) is 7.35. The van der Waals surface area contributed by atoms with Crippen LogP contribution in [0, 0.1) is 18.3 Å². The molecule has 2 aromatic rings. The van der Waals surface area contributed by atoms with Crippen LogP contribution in [-0.2, 0) is 19.4 Å². The number of benzene rings is 1. The fourth-order valence-electron chi connectivity index (χ4n) is 3.88. The highest BCUT2D eigenvalue weighted by molar-refractivity contribution is 5.50. The number of anilines is 1. The zero-order valence-corrected chi connectivity index (χ0v) is 17.0. The van der Waals surface area contributed by atoms with Gasteiger partial charge in [0.05, 0.1) is 11.8 Å². The Morgan fingerprint density at radius 2 is 1.71 bits per heavy atom. The molecule has 1 aromatic heterocycles. The highest BCUT2D eigenvalue weighted by Gasteiger charge is 2.23. The highest BCUT2D eigenvalue weighted by atomic mass is 15.2. The third-order valence-electron chi connectivity index (χ3n) is 5.19. The Balaban J connectivity index is 0.000000706. The van der Waals surface area contributed by atoms with Crippen molar-refractivity contribution >= 4 is 5.82 Å². The third kappa shape index (κ3) is 5.28. The summed E-state index contributed by atoms with van der Waals surface area (Å²) in [6, 6.07) is 12.5. The second-order valence-electron chi connectivity index (χ2n) is 7.24. The molecule has 0 bridgehead atoms. The number of nitriles is 1. The first kappa shape index (κ1) is 20.2. The van der Waals surface area contributed by atoms with Gasteiger partial charge in [0.2, 0.25) is 0 Å². The first-order valence-electron chi connectivity index (χ1n) is 10.1. The van der Waals surface area contributed by atoms with Gasteiger partial charge in [-0.1, -0.05) is 30.3 Å². The molecule has 0 amide bonds. The average molecular weight is 379 g/mol. The van der Waals surface area contributed by atoms with Crippen LogP contribution >= 0.6 is 0 Å². The number of nitrogens with one attached hydrogen (secondary N) is 1. The largest absolute Gasteiger partial charge is 0.354 e. The van der Waals surface area contributed by atoms with Crippen molar-refractivity contribution in [1.29, 1.82) is 5.26 Å². The van der Waals surface area contributed by atoms with Crippen molar-refractivity contribution in [2.45, 2.75) is 33.2 Å². The van der Waals surface area contributed by atoms with E-state index in [-0.39, 0.29) is 0 Å². The van der Waals surface area contributed by atoms with E-state index < -0.39 is 0 Å². The van der Waals surface area contributed by atoms with Gasteiger partial charge in [0.1, 0.15) is 11.6 Å². The molecule has 6 heteroatoms. The maximum absolute atomic E-state index is 7.32. The molecule has 2 aliphatic heterocycles. The summed E-state index contributed by atoms with van der Waals surface area (Å²) in [7, 11) is 0. The summed E-state index contributed by atoms with van der Waals surface area (Å²) in [4.78, 5) is 14.6. The summed E-state index contributed by atoms with van der Waals surface area (Å²) in [6.45, 7) is 10.8. The molecule has 0 radical (unpaired) electrons. The summed E-state index contributed by atoms with van der Waals surface area (Å²) >= 11 is 0. The van der Waals surface area contributed by atoms with Gasteiger partial charge < -0.3 is 10.2 Å². The van der Waals surface area contributed by atoms with E-state index in [1.54, 1.807) is 6.07 Å². The fourth-order valence-corrected chi connectivity index (χ4v) is 3.88. The Morgan fingerprint density at radius 1 is 1.04 bits per heavy atom. The maximum atomic E-state index is 7.32. The van der Waals surface area contributed by atoms with Crippen LogP contribution in [0.15, 0.2) is 30.3 Å². The number of hydrogen-bond acceptors (Lipinski definition) is 6. The highest BCUT2D eigenvalue weighted by Crippen LogP contribution is 2.25. The monoisotopic (exact) mass is 378 g/mol. The molecule has 0 spiro atoms. The molecule has 148 valence electrons. The van der Waals surface area contributed by atoms with Crippen LogP contribution in [0.2, 0.25) is 0 Å². The number of aromatic nitrogens is 2. The average Bonchev–Trinajstić information content (AvgIpc) is 2.92. The number of nitrogens with zero attached hydrogens (tertiary/aromatic N) is 5. The molecule has 0 unspecified atom stereocenters. The minimum absolute atomic E-state index is 0.906. The molecule has 0 atom stereocenters. The van der Waals surface area contributed by atoms with Crippen molar-refractivity contribution in [3.63, 3.8) is 0 Å². The number of aryl methyl sites for hydroxylation is 1. The zero-order chi connectivity index (χ0) is 19.8. The fraction of sp³-hybridized carbons (Fsp3) is 0.500. The van der Waals surface area contributed by atoms with E-state index in [1.807, 2.05) is 6.92 Å². The molecule has 1 fully saturated rings. The van der Waals surface area contributed by atoms with Gasteiger partial charge in [-0.05, 0) is 18.9 Å². The molecule has 4 rings (SSSR count). The third-order valence-corrected chi connectivity index (χ3v) is 5.19. The van der Waals surface area contributed by atoms with Crippen molar-refractivity contribution in [2.75, 3.05) is 44.2 Å². The van der Waals surface area contributed by atoms with Crippen molar-refractivity contribution in [3.05, 3.63) is 53.0 Å². The van der Waals surface area contributed by atoms with Crippen LogP contribution in [0.25, 0.3) is 0 Å². The molecule has 6 nitrogen and oxygen atoms in total. The van der Waals surface area contributed by atoms with Crippen LogP contribution in [0.3, 0.4) is 0 Å². The van der Waals surface area contributed by atoms with E-state index in [9.17, 15) is 0 Å². The van der Waals surface area contributed by atoms with Gasteiger partial charge in [-0.15, -0.1) is 0 Å². The predicted octanol–water partition coefficient (Wildman–Crippen LogP) is 2.33. The minimum atomic E-state index is 0.906. The molecule has 0 aliphatic carbocycles. The number of piperazine rings is 1. The van der Waals surface area contributed by atoms with Crippen LogP contribution < -0.4 is 10.2 Å². The van der Waals surface area contributed by atoms with Gasteiger partial charge >= 0.3 is 0 Å². The Morgan fingerprint density at radius 3 is 2.43 bits per heavy atom. The van der Waals surface area contributed by atoms with Gasteiger partial charge in [-0.3, -0.25) is 4.90 Å². The van der Waals surface area contributed by atoms with Crippen LogP contribution in [-0.4, -0.2) is 54.1 Å². The molecule has 1 aromatic carbocycles. The molecule has 3 heterocycles. The lowest BCUT2D eigenvalue weighted by Gasteiger charge is -2.30. The molecular formula is C22H30N6. The quantitative estimate of drug-likeness (QED) is 0.884. The SMILES string of the molecule is CC#N.Cc1nc2c(c(N3CCNCC3)n1)CCN(Cc1ccccc1)CC2. The first-order chi connectivity index (χ1) is 13.7. The Hall–Kier alpha value is -2.49. The van der Waals surface area contributed by atoms with E-state index in [1.165, 1.54) is 29.6 Å². The smallest absolute Gasteiger partial charge is 0.135 e. The van der Waals surface area contributed by atoms with Gasteiger partial charge in [-0.25, -0.2) is 9.97 Å². The van der Waals surface area contributed by atoms with Gasteiger partial charge in [0.15, 0.2) is 0 Å². The molecular weight excluding hydrogens is 348 g/mol. The molecule has 0 saturated carbocycles. The summed E-state index contributed by atoms with van der Waals surface area (Å²) in [5.41, 5.74) is 4.03. The van der Waals surface area contributed by atoms with E-state index >= 15 is 0 Å². The lowest BCUT2D eigenvalue weighted by Crippen LogP contribution is -2.44. The molecule has 1 saturated heterocycles. The van der Waals surface area contributed by atoms with Gasteiger partial charge in [0.25, 0.3) is 0 Å². The zero-order valence-electron chi connectivity index (χ0n) is 17.0. The van der Waals surface area contributed by atoms with E-state index in [0.29, 0.717) is 0 Å². The first-order valence-corrected chi connectivity index (χ1v) is 10.1. The van der Waals surface area contributed by atoms with Crippen molar-refractivity contribution in [3.8, 4) is 6.07 Å². The van der Waals surface area contributed by atoms with E-state index in [0.717, 1.165) is 64.5 Å². The summed E-state index contributed by atoms with van der Waals surface area (Å²) in [6.07, 6.45) is 2.06. The second-order valence-corrected chi connectivity index (χ2v) is 7.24. The lowest BCUT2D eigenvalue weighted by atomic mass is 10.1. The number of hydrogen-bond donors (Lipinski definition) is 1.